The quantitative estimate of drug-likeness (QED) is 0.869. The van der Waals surface area contributed by atoms with Gasteiger partial charge in [-0.1, -0.05) is 25.1 Å². The van der Waals surface area contributed by atoms with Gasteiger partial charge in [0.15, 0.2) is 0 Å². The molecule has 0 bridgehead atoms. The lowest BCUT2D eigenvalue weighted by atomic mass is 9.99. The fraction of sp³-hybridized carbons (Fsp3) is 0.286. The number of H-pyrrole nitrogens is 1. The Morgan fingerprint density at radius 3 is 2.72 bits per heavy atom. The Bertz CT molecular complexity index is 671. The van der Waals surface area contributed by atoms with Crippen molar-refractivity contribution in [3.63, 3.8) is 0 Å². The van der Waals surface area contributed by atoms with Crippen molar-refractivity contribution in [1.82, 2.24) is 4.98 Å². The van der Waals surface area contributed by atoms with Crippen molar-refractivity contribution in [1.29, 1.82) is 0 Å². The van der Waals surface area contributed by atoms with Gasteiger partial charge in [0, 0.05) is 10.9 Å². The maximum Gasteiger partial charge on any atom is 0.308 e. The molecule has 2 N–H and O–H groups in total. The van der Waals surface area contributed by atoms with Gasteiger partial charge in [-0.2, -0.15) is 0 Å². The van der Waals surface area contributed by atoms with Crippen LogP contribution < -0.4 is 5.56 Å². The van der Waals surface area contributed by atoms with Gasteiger partial charge in [0.05, 0.1) is 11.9 Å². The molecule has 0 amide bonds. The topological polar surface area (TPSA) is 70.2 Å². The molecule has 4 nitrogen and oxygen atoms in total. The number of hydrogen-bond donors (Lipinski definition) is 2. The maximum absolute atomic E-state index is 11.9. The summed E-state index contributed by atoms with van der Waals surface area (Å²) in [7, 11) is 0. The van der Waals surface area contributed by atoms with Crippen LogP contribution in [0.4, 0.5) is 0 Å². The highest BCUT2D eigenvalue weighted by Gasteiger charge is 2.13. The third kappa shape index (κ3) is 2.01. The average Bonchev–Trinajstić information content (AvgIpc) is 2.33. The molecule has 0 saturated heterocycles. The number of carboxylic acid groups (broad SMARTS) is 1. The Balaban J connectivity index is 2.79. The Morgan fingerprint density at radius 1 is 1.39 bits per heavy atom. The van der Waals surface area contributed by atoms with E-state index in [0.717, 1.165) is 28.5 Å². The molecule has 0 saturated carbocycles. The lowest BCUT2D eigenvalue weighted by Crippen LogP contribution is -2.18. The van der Waals surface area contributed by atoms with E-state index in [2.05, 4.69) is 4.98 Å². The van der Waals surface area contributed by atoms with E-state index in [1.54, 1.807) is 6.92 Å². The molecular weight excluding hydrogens is 230 g/mol. The van der Waals surface area contributed by atoms with Gasteiger partial charge in [0.2, 0.25) is 0 Å². The number of aliphatic carboxylic acids is 1. The van der Waals surface area contributed by atoms with Crippen LogP contribution >= 0.6 is 0 Å². The third-order valence-electron chi connectivity index (χ3n) is 3.23. The first-order valence-electron chi connectivity index (χ1n) is 5.89. The summed E-state index contributed by atoms with van der Waals surface area (Å²) in [6.07, 6.45) is 0.582. The van der Waals surface area contributed by atoms with E-state index in [-0.39, 0.29) is 12.0 Å². The van der Waals surface area contributed by atoms with Gasteiger partial charge in [-0.05, 0) is 24.5 Å². The van der Waals surface area contributed by atoms with Crippen LogP contribution in [0.25, 0.3) is 10.9 Å². The van der Waals surface area contributed by atoms with E-state index in [1.165, 1.54) is 0 Å². The van der Waals surface area contributed by atoms with Crippen LogP contribution in [0, 0.1) is 6.92 Å². The van der Waals surface area contributed by atoms with Crippen LogP contribution in [-0.4, -0.2) is 16.1 Å². The number of carboxylic acids is 1. The second-order valence-corrected chi connectivity index (χ2v) is 4.32. The summed E-state index contributed by atoms with van der Waals surface area (Å²) in [6.45, 7) is 3.82. The van der Waals surface area contributed by atoms with E-state index in [1.807, 2.05) is 25.1 Å². The van der Waals surface area contributed by atoms with Crippen molar-refractivity contribution < 1.29 is 9.90 Å². The lowest BCUT2D eigenvalue weighted by Gasteiger charge is -2.10. The highest BCUT2D eigenvalue weighted by atomic mass is 16.4. The van der Waals surface area contributed by atoms with Crippen LogP contribution in [0.1, 0.15) is 23.6 Å². The zero-order chi connectivity index (χ0) is 13.3. The van der Waals surface area contributed by atoms with Gasteiger partial charge in [0.25, 0.3) is 5.56 Å². The van der Waals surface area contributed by atoms with Crippen LogP contribution in [0.3, 0.4) is 0 Å². The Labute approximate surface area is 104 Å². The third-order valence-corrected chi connectivity index (χ3v) is 3.23. The van der Waals surface area contributed by atoms with Crippen molar-refractivity contribution in [2.75, 3.05) is 0 Å². The molecule has 4 heteroatoms. The van der Waals surface area contributed by atoms with Crippen LogP contribution in [0.2, 0.25) is 0 Å². The van der Waals surface area contributed by atoms with Crippen LogP contribution in [-0.2, 0) is 17.6 Å². The molecule has 0 aliphatic heterocycles. The molecule has 0 aliphatic carbocycles. The Hall–Kier alpha value is -2.10. The monoisotopic (exact) mass is 245 g/mol. The van der Waals surface area contributed by atoms with Crippen molar-refractivity contribution in [3.8, 4) is 0 Å². The molecule has 18 heavy (non-hydrogen) atoms. The van der Waals surface area contributed by atoms with E-state index < -0.39 is 5.97 Å². The van der Waals surface area contributed by atoms with Crippen LogP contribution in [0.5, 0.6) is 0 Å². The number of aromatic nitrogens is 1. The largest absolute Gasteiger partial charge is 0.481 e. The van der Waals surface area contributed by atoms with Crippen molar-refractivity contribution in [2.24, 2.45) is 0 Å². The first-order valence-corrected chi connectivity index (χ1v) is 5.89. The summed E-state index contributed by atoms with van der Waals surface area (Å²) in [5, 5.41) is 9.76. The molecule has 0 atom stereocenters. The standard InChI is InChI=1S/C14H15NO3/c1-3-9-5-4-6-10-8(2)11(7-12(16)17)14(18)15-13(9)10/h4-6H,3,7H2,1-2H3,(H,15,18)(H,16,17). The second kappa shape index (κ2) is 4.64. The number of rotatable bonds is 3. The minimum atomic E-state index is -0.991. The SMILES string of the molecule is CCc1cccc2c(C)c(CC(=O)O)c(=O)[nH]c12. The minimum absolute atomic E-state index is 0.243. The van der Waals surface area contributed by atoms with Crippen molar-refractivity contribution in [2.45, 2.75) is 26.7 Å². The van der Waals surface area contributed by atoms with E-state index >= 15 is 0 Å². The molecular formula is C14H15NO3. The predicted molar refractivity (Wildman–Crippen MR) is 70.0 cm³/mol. The molecule has 0 radical (unpaired) electrons. The number of aryl methyl sites for hydroxylation is 2. The average molecular weight is 245 g/mol. The summed E-state index contributed by atoms with van der Waals surface area (Å²) < 4.78 is 0. The summed E-state index contributed by atoms with van der Waals surface area (Å²) in [6, 6.07) is 5.80. The number of para-hydroxylation sites is 1. The van der Waals surface area contributed by atoms with E-state index in [9.17, 15) is 9.59 Å². The number of benzene rings is 1. The number of carbonyl (C=O) groups is 1. The summed E-state index contributed by atoms with van der Waals surface area (Å²) >= 11 is 0. The minimum Gasteiger partial charge on any atom is -0.481 e. The van der Waals surface area contributed by atoms with E-state index in [4.69, 9.17) is 5.11 Å². The molecule has 2 aromatic rings. The van der Waals surface area contributed by atoms with Gasteiger partial charge in [0.1, 0.15) is 0 Å². The fourth-order valence-electron chi connectivity index (χ4n) is 2.24. The number of hydrogen-bond acceptors (Lipinski definition) is 2. The molecule has 1 aromatic heterocycles. The van der Waals surface area contributed by atoms with E-state index in [0.29, 0.717) is 5.56 Å². The summed E-state index contributed by atoms with van der Waals surface area (Å²) in [5.74, 6) is -0.991. The maximum atomic E-state index is 11.9. The Morgan fingerprint density at radius 2 is 2.11 bits per heavy atom. The number of fused-ring (bicyclic) bond motifs is 1. The van der Waals surface area contributed by atoms with Crippen LogP contribution in [0.15, 0.2) is 23.0 Å². The molecule has 0 fully saturated rings. The number of aromatic amines is 1. The van der Waals surface area contributed by atoms with Gasteiger partial charge >= 0.3 is 5.97 Å². The predicted octanol–water partition coefficient (Wildman–Crippen LogP) is 2.03. The smallest absolute Gasteiger partial charge is 0.308 e. The molecule has 1 aromatic carbocycles. The van der Waals surface area contributed by atoms with Gasteiger partial charge in [-0.25, -0.2) is 0 Å². The first kappa shape index (κ1) is 12.4. The fourth-order valence-corrected chi connectivity index (χ4v) is 2.24. The van der Waals surface area contributed by atoms with Crippen molar-refractivity contribution in [3.05, 3.63) is 45.2 Å². The molecule has 1 heterocycles. The molecule has 0 aliphatic rings. The summed E-state index contributed by atoms with van der Waals surface area (Å²) in [5.41, 5.74) is 2.67. The zero-order valence-corrected chi connectivity index (χ0v) is 10.4. The summed E-state index contributed by atoms with van der Waals surface area (Å²) in [4.78, 5) is 25.5. The first-order chi connectivity index (χ1) is 8.54. The molecule has 2 rings (SSSR count). The molecule has 0 unspecified atom stereocenters. The van der Waals surface area contributed by atoms with Crippen molar-refractivity contribution >= 4 is 16.9 Å². The highest BCUT2D eigenvalue weighted by Crippen LogP contribution is 2.21. The van der Waals surface area contributed by atoms with Gasteiger partial charge < -0.3 is 10.1 Å². The molecule has 0 spiro atoms. The lowest BCUT2D eigenvalue weighted by molar-refractivity contribution is -0.136. The van der Waals surface area contributed by atoms with Gasteiger partial charge in [-0.15, -0.1) is 0 Å². The molecule has 94 valence electrons. The van der Waals surface area contributed by atoms with Gasteiger partial charge in [-0.3, -0.25) is 9.59 Å². The normalized spacial score (nSPS) is 10.8. The second-order valence-electron chi connectivity index (χ2n) is 4.32. The Kier molecular flexibility index (Phi) is 3.19. The highest BCUT2D eigenvalue weighted by molar-refractivity contribution is 5.86. The zero-order valence-electron chi connectivity index (χ0n) is 10.4. The number of nitrogens with one attached hydrogen (secondary N) is 1. The number of pyridine rings is 1.